The molecule has 2 aromatic carbocycles. The van der Waals surface area contributed by atoms with Crippen molar-refractivity contribution < 1.29 is 26.6 Å². The van der Waals surface area contributed by atoms with Crippen molar-refractivity contribution in [3.05, 3.63) is 65.2 Å². The number of likely N-dealkylation sites (N-methyl/N-ethyl adjacent to an activating group) is 1. The molecule has 0 fully saturated rings. The molecule has 3 nitrogen and oxygen atoms in total. The number of quaternary nitrogens is 1. The second kappa shape index (κ2) is 11.5. The van der Waals surface area contributed by atoms with Crippen molar-refractivity contribution in [2.24, 2.45) is 0 Å². The molecule has 150 valence electrons. The van der Waals surface area contributed by atoms with Crippen molar-refractivity contribution in [1.82, 2.24) is 0 Å². The van der Waals surface area contributed by atoms with E-state index in [4.69, 9.17) is 0 Å². The van der Waals surface area contributed by atoms with Crippen LogP contribution in [0.4, 0.5) is 5.69 Å². The molecule has 0 radical (unpaired) electrons. The largest absolute Gasteiger partial charge is 1.00 e. The van der Waals surface area contributed by atoms with Crippen LogP contribution in [-0.4, -0.2) is 42.0 Å². The quantitative estimate of drug-likeness (QED) is 0.438. The molecule has 0 amide bonds. The number of aliphatic hydroxyl groups is 1. The van der Waals surface area contributed by atoms with Crippen molar-refractivity contribution in [2.45, 2.75) is 46.8 Å². The number of hydrogen-bond acceptors (Lipinski definition) is 2. The minimum absolute atomic E-state index is 0. The number of aryl methyl sites for hydroxylation is 3. The Bertz CT molecular complexity index is 651. The van der Waals surface area contributed by atoms with E-state index < -0.39 is 6.23 Å². The number of halogens is 1. The molecule has 1 atom stereocenters. The Labute approximate surface area is 175 Å². The first-order valence-electron chi connectivity index (χ1n) is 9.89. The van der Waals surface area contributed by atoms with E-state index in [0.717, 1.165) is 49.2 Å². The molecule has 4 heteroatoms. The van der Waals surface area contributed by atoms with Crippen LogP contribution >= 0.6 is 0 Å². The third kappa shape index (κ3) is 6.95. The van der Waals surface area contributed by atoms with Gasteiger partial charge in [0.15, 0.2) is 6.23 Å². The summed E-state index contributed by atoms with van der Waals surface area (Å²) in [6.07, 6.45) is 1.70. The highest BCUT2D eigenvalue weighted by molar-refractivity contribution is 5.56. The summed E-state index contributed by atoms with van der Waals surface area (Å²) in [7, 11) is 0. The Morgan fingerprint density at radius 3 is 2.07 bits per heavy atom. The van der Waals surface area contributed by atoms with Gasteiger partial charge >= 0.3 is 0 Å². The van der Waals surface area contributed by atoms with E-state index in [1.807, 2.05) is 0 Å². The lowest BCUT2D eigenvalue weighted by atomic mass is 10.1. The number of nitrogens with one attached hydrogen (secondary N) is 1. The third-order valence-electron chi connectivity index (χ3n) is 5.63. The van der Waals surface area contributed by atoms with Gasteiger partial charge in [-0.1, -0.05) is 48.5 Å². The number of benzene rings is 2. The van der Waals surface area contributed by atoms with Gasteiger partial charge in [0.2, 0.25) is 0 Å². The van der Waals surface area contributed by atoms with Crippen LogP contribution in [-0.2, 0) is 6.42 Å². The number of aliphatic hydroxyl groups excluding tert-OH is 1. The maximum Gasteiger partial charge on any atom is 0.174 e. The smallest absolute Gasteiger partial charge is 0.174 e. The summed E-state index contributed by atoms with van der Waals surface area (Å²) >= 11 is 0. The number of hydrogen-bond donors (Lipinski definition) is 2. The number of anilines is 1. The molecule has 0 saturated carbocycles. The van der Waals surface area contributed by atoms with Crippen molar-refractivity contribution in [2.75, 3.05) is 31.5 Å². The summed E-state index contributed by atoms with van der Waals surface area (Å²) in [5.41, 5.74) is 4.82. The van der Waals surface area contributed by atoms with Crippen LogP contribution in [0, 0.1) is 13.8 Å². The summed E-state index contributed by atoms with van der Waals surface area (Å²) < 4.78 is 0.936. The monoisotopic (exact) mass is 434 g/mol. The summed E-state index contributed by atoms with van der Waals surface area (Å²) in [6, 6.07) is 16.9. The Morgan fingerprint density at radius 2 is 1.52 bits per heavy atom. The molecule has 0 aliphatic carbocycles. The topological polar surface area (TPSA) is 32.3 Å². The number of para-hydroxylation sites is 1. The minimum Gasteiger partial charge on any atom is -1.00 e. The average molecular weight is 435 g/mol. The first kappa shape index (κ1) is 23.7. The van der Waals surface area contributed by atoms with Crippen molar-refractivity contribution in [3.63, 3.8) is 0 Å². The van der Waals surface area contributed by atoms with Crippen LogP contribution in [0.2, 0.25) is 0 Å². The third-order valence-corrected chi connectivity index (χ3v) is 5.63. The first-order chi connectivity index (χ1) is 12.5. The maximum atomic E-state index is 10.7. The minimum atomic E-state index is -0.536. The van der Waals surface area contributed by atoms with Gasteiger partial charge in [-0.25, -0.2) is 0 Å². The fourth-order valence-corrected chi connectivity index (χ4v) is 3.77. The molecule has 0 aromatic heterocycles. The predicted octanol–water partition coefficient (Wildman–Crippen LogP) is 1.53. The Morgan fingerprint density at radius 1 is 0.926 bits per heavy atom. The van der Waals surface area contributed by atoms with Gasteiger partial charge < -0.3 is 31.9 Å². The van der Waals surface area contributed by atoms with Crippen LogP contribution in [0.1, 0.15) is 37.0 Å². The molecular weight excluding hydrogens is 400 g/mol. The first-order valence-corrected chi connectivity index (χ1v) is 9.89. The van der Waals surface area contributed by atoms with Crippen molar-refractivity contribution in [1.29, 1.82) is 0 Å². The Hall–Kier alpha value is -1.36. The lowest BCUT2D eigenvalue weighted by Gasteiger charge is -2.39. The van der Waals surface area contributed by atoms with E-state index in [1.54, 1.807) is 0 Å². The molecular formula is C23H35BrN2O. The highest BCUT2D eigenvalue weighted by Crippen LogP contribution is 2.21. The van der Waals surface area contributed by atoms with E-state index >= 15 is 0 Å². The zero-order valence-corrected chi connectivity index (χ0v) is 18.8. The average Bonchev–Trinajstić information content (AvgIpc) is 2.65. The van der Waals surface area contributed by atoms with Gasteiger partial charge in [-0.05, 0) is 50.8 Å². The molecule has 1 unspecified atom stereocenters. The molecule has 0 aliphatic heterocycles. The fourth-order valence-electron chi connectivity index (χ4n) is 3.77. The van der Waals surface area contributed by atoms with Gasteiger partial charge in [0, 0.05) is 12.1 Å². The summed E-state index contributed by atoms with van der Waals surface area (Å²) in [6.45, 7) is 12.5. The van der Waals surface area contributed by atoms with Crippen molar-refractivity contribution in [3.8, 4) is 0 Å². The van der Waals surface area contributed by atoms with Gasteiger partial charge in [0.25, 0.3) is 0 Å². The Kier molecular flexibility index (Phi) is 10.1. The molecule has 0 bridgehead atoms. The second-order valence-corrected chi connectivity index (χ2v) is 7.40. The summed E-state index contributed by atoms with van der Waals surface area (Å²) in [5.74, 6) is 0. The fraction of sp³-hybridized carbons (Fsp3) is 0.478. The van der Waals surface area contributed by atoms with Crippen molar-refractivity contribution >= 4 is 5.69 Å². The normalized spacial score (nSPS) is 12.3. The van der Waals surface area contributed by atoms with Gasteiger partial charge in [-0.3, -0.25) is 0 Å². The van der Waals surface area contributed by atoms with Gasteiger partial charge in [-0.2, -0.15) is 0 Å². The lowest BCUT2D eigenvalue weighted by molar-refractivity contribution is -0.927. The standard InChI is InChI=1S/C23H35N2O.BrH/c1-5-25(6-2,17-11-16-21-14-8-7-9-15-21)18-22(26)24-23-19(3)12-10-13-20(23)4;/h7-10,12-15,22,24,26H,5-6,11,16-18H2,1-4H3;1H/q+1;/p-1. The SMILES string of the molecule is CC[N+](CC)(CCCc1ccccc1)CC(O)Nc1c(C)cccc1C.[Br-]. The van der Waals surface area contributed by atoms with Crippen LogP contribution in [0.25, 0.3) is 0 Å². The highest BCUT2D eigenvalue weighted by atomic mass is 79.9. The van der Waals surface area contributed by atoms with E-state index in [-0.39, 0.29) is 17.0 Å². The van der Waals surface area contributed by atoms with E-state index in [9.17, 15) is 5.11 Å². The van der Waals surface area contributed by atoms with Gasteiger partial charge in [-0.15, -0.1) is 0 Å². The van der Waals surface area contributed by atoms with Crippen LogP contribution in [0.5, 0.6) is 0 Å². The molecule has 27 heavy (non-hydrogen) atoms. The zero-order chi connectivity index (χ0) is 19.0. The second-order valence-electron chi connectivity index (χ2n) is 7.40. The molecule has 2 rings (SSSR count). The molecule has 0 saturated heterocycles. The molecule has 0 aliphatic rings. The Balaban J connectivity index is 0.00000364. The van der Waals surface area contributed by atoms with Crippen LogP contribution in [0.3, 0.4) is 0 Å². The molecule has 2 N–H and O–H groups in total. The van der Waals surface area contributed by atoms with Gasteiger partial charge in [0.05, 0.1) is 19.6 Å². The van der Waals surface area contributed by atoms with Gasteiger partial charge in [0.1, 0.15) is 6.54 Å². The highest BCUT2D eigenvalue weighted by Gasteiger charge is 2.27. The van der Waals surface area contributed by atoms with E-state index in [2.05, 4.69) is 81.5 Å². The number of rotatable bonds is 10. The molecule has 0 heterocycles. The van der Waals surface area contributed by atoms with Crippen LogP contribution < -0.4 is 22.3 Å². The number of nitrogens with zero attached hydrogens (tertiary/aromatic N) is 1. The predicted molar refractivity (Wildman–Crippen MR) is 111 cm³/mol. The molecule has 0 spiro atoms. The summed E-state index contributed by atoms with van der Waals surface area (Å²) in [5, 5.41) is 14.1. The zero-order valence-electron chi connectivity index (χ0n) is 17.2. The lowest BCUT2D eigenvalue weighted by Crippen LogP contribution is -3.00. The van der Waals surface area contributed by atoms with E-state index in [0.29, 0.717) is 0 Å². The van der Waals surface area contributed by atoms with Crippen LogP contribution in [0.15, 0.2) is 48.5 Å². The summed E-state index contributed by atoms with van der Waals surface area (Å²) in [4.78, 5) is 0. The van der Waals surface area contributed by atoms with E-state index in [1.165, 1.54) is 16.7 Å². The molecule has 2 aromatic rings. The maximum absolute atomic E-state index is 10.7.